The van der Waals surface area contributed by atoms with Gasteiger partial charge in [0.2, 0.25) is 5.88 Å². The van der Waals surface area contributed by atoms with Gasteiger partial charge in [0.15, 0.2) is 0 Å². The Morgan fingerprint density at radius 1 is 1.28 bits per heavy atom. The van der Waals surface area contributed by atoms with Gasteiger partial charge in [0.25, 0.3) is 0 Å². The third-order valence-corrected chi connectivity index (χ3v) is 3.19. The van der Waals surface area contributed by atoms with Crippen LogP contribution in [0.3, 0.4) is 0 Å². The summed E-state index contributed by atoms with van der Waals surface area (Å²) in [5, 5.41) is 11.3. The largest absolute Gasteiger partial charge is 0.477 e. The van der Waals surface area contributed by atoms with Crippen LogP contribution in [0, 0.1) is 5.41 Å². The molecule has 1 aromatic carbocycles. The molecule has 0 saturated heterocycles. The molecular formula is C14H16BrNO2. The molecule has 1 heterocycles. The van der Waals surface area contributed by atoms with Crippen molar-refractivity contribution in [3.05, 3.63) is 34.9 Å². The molecular weight excluding hydrogens is 294 g/mol. The summed E-state index contributed by atoms with van der Waals surface area (Å²) in [6, 6.07) is 7.93. The molecule has 1 aromatic heterocycles. The van der Waals surface area contributed by atoms with Crippen molar-refractivity contribution >= 4 is 26.7 Å². The van der Waals surface area contributed by atoms with E-state index in [0.717, 1.165) is 15.2 Å². The molecule has 0 spiro atoms. The van der Waals surface area contributed by atoms with Crippen LogP contribution in [0.25, 0.3) is 10.8 Å². The first-order chi connectivity index (χ1) is 8.50. The molecule has 0 aliphatic rings. The fourth-order valence-corrected chi connectivity index (χ4v) is 1.86. The molecule has 96 valence electrons. The number of hydrogen-bond acceptors (Lipinski definition) is 3. The highest BCUT2D eigenvalue weighted by Crippen LogP contribution is 2.23. The number of aliphatic hydroxyl groups excluding tert-OH is 1. The van der Waals surface area contributed by atoms with Crippen molar-refractivity contribution in [3.63, 3.8) is 0 Å². The van der Waals surface area contributed by atoms with E-state index in [2.05, 4.69) is 20.9 Å². The summed E-state index contributed by atoms with van der Waals surface area (Å²) in [4.78, 5) is 4.25. The number of fused-ring (bicyclic) bond motifs is 1. The summed E-state index contributed by atoms with van der Waals surface area (Å²) in [5.74, 6) is 0.585. The molecule has 0 atom stereocenters. The number of aliphatic hydroxyl groups is 1. The quantitative estimate of drug-likeness (QED) is 0.941. The van der Waals surface area contributed by atoms with E-state index >= 15 is 0 Å². The number of hydrogen-bond donors (Lipinski definition) is 1. The number of nitrogens with zero attached hydrogens (tertiary/aromatic N) is 1. The third-order valence-electron chi connectivity index (χ3n) is 2.70. The molecule has 0 bridgehead atoms. The van der Waals surface area contributed by atoms with Crippen LogP contribution in [0.4, 0.5) is 0 Å². The van der Waals surface area contributed by atoms with Gasteiger partial charge in [0, 0.05) is 27.5 Å². The van der Waals surface area contributed by atoms with E-state index in [-0.39, 0.29) is 12.0 Å². The highest BCUT2D eigenvalue weighted by molar-refractivity contribution is 9.10. The molecule has 2 aromatic rings. The van der Waals surface area contributed by atoms with Crippen molar-refractivity contribution in [2.24, 2.45) is 5.41 Å². The lowest BCUT2D eigenvalue weighted by molar-refractivity contribution is 0.0952. The van der Waals surface area contributed by atoms with Gasteiger partial charge in [-0.05, 0) is 17.5 Å². The second kappa shape index (κ2) is 5.24. The first kappa shape index (κ1) is 13.3. The monoisotopic (exact) mass is 309 g/mol. The van der Waals surface area contributed by atoms with Crippen LogP contribution >= 0.6 is 15.9 Å². The minimum absolute atomic E-state index is 0.0894. The zero-order valence-corrected chi connectivity index (χ0v) is 12.1. The van der Waals surface area contributed by atoms with E-state index in [0.29, 0.717) is 12.5 Å². The van der Waals surface area contributed by atoms with Crippen molar-refractivity contribution in [2.75, 3.05) is 13.2 Å². The van der Waals surface area contributed by atoms with E-state index in [4.69, 9.17) is 4.74 Å². The zero-order valence-electron chi connectivity index (χ0n) is 10.5. The highest BCUT2D eigenvalue weighted by Gasteiger charge is 2.17. The summed E-state index contributed by atoms with van der Waals surface area (Å²) in [6.45, 7) is 4.43. The summed E-state index contributed by atoms with van der Waals surface area (Å²) in [5.41, 5.74) is -0.256. The summed E-state index contributed by atoms with van der Waals surface area (Å²) in [6.07, 6.45) is 1.79. The van der Waals surface area contributed by atoms with Gasteiger partial charge in [-0.3, -0.25) is 0 Å². The lowest BCUT2D eigenvalue weighted by Gasteiger charge is -2.21. The van der Waals surface area contributed by atoms with Crippen LogP contribution in [-0.4, -0.2) is 23.3 Å². The number of rotatable bonds is 4. The Labute approximate surface area is 115 Å². The van der Waals surface area contributed by atoms with Gasteiger partial charge in [0.05, 0.1) is 13.2 Å². The van der Waals surface area contributed by atoms with E-state index in [1.165, 1.54) is 0 Å². The molecule has 18 heavy (non-hydrogen) atoms. The number of pyridine rings is 1. The predicted molar refractivity (Wildman–Crippen MR) is 75.8 cm³/mol. The van der Waals surface area contributed by atoms with Gasteiger partial charge in [-0.1, -0.05) is 35.8 Å². The third kappa shape index (κ3) is 3.21. The number of aromatic nitrogens is 1. The van der Waals surface area contributed by atoms with Gasteiger partial charge in [-0.15, -0.1) is 0 Å². The number of benzene rings is 1. The topological polar surface area (TPSA) is 42.4 Å². The Bertz CT molecular complexity index is 554. The molecule has 0 radical (unpaired) electrons. The molecule has 0 fully saturated rings. The van der Waals surface area contributed by atoms with E-state index in [1.54, 1.807) is 6.20 Å². The second-order valence-corrected chi connectivity index (χ2v) is 6.04. The van der Waals surface area contributed by atoms with Gasteiger partial charge >= 0.3 is 0 Å². The Hall–Kier alpha value is -1.13. The maximum Gasteiger partial charge on any atom is 0.213 e. The summed E-state index contributed by atoms with van der Waals surface area (Å²) in [7, 11) is 0. The first-order valence-corrected chi connectivity index (χ1v) is 6.58. The van der Waals surface area contributed by atoms with E-state index in [1.807, 2.05) is 38.1 Å². The normalized spacial score (nSPS) is 11.8. The Kier molecular flexibility index (Phi) is 3.88. The lowest BCUT2D eigenvalue weighted by atomic mass is 9.97. The van der Waals surface area contributed by atoms with Crippen LogP contribution in [0.15, 0.2) is 34.9 Å². The fraction of sp³-hybridized carbons (Fsp3) is 0.357. The number of halogens is 1. The van der Waals surface area contributed by atoms with Gasteiger partial charge in [-0.2, -0.15) is 0 Å². The molecule has 2 rings (SSSR count). The van der Waals surface area contributed by atoms with Crippen LogP contribution < -0.4 is 4.74 Å². The van der Waals surface area contributed by atoms with Crippen molar-refractivity contribution in [3.8, 4) is 5.88 Å². The number of ether oxygens (including phenoxy) is 1. The van der Waals surface area contributed by atoms with Crippen LogP contribution in [0.2, 0.25) is 0 Å². The van der Waals surface area contributed by atoms with Gasteiger partial charge in [0.1, 0.15) is 0 Å². The molecule has 0 saturated carbocycles. The Morgan fingerprint density at radius 3 is 2.78 bits per heavy atom. The van der Waals surface area contributed by atoms with Crippen molar-refractivity contribution in [2.45, 2.75) is 13.8 Å². The zero-order chi connectivity index (χ0) is 13.2. The molecule has 0 aliphatic carbocycles. The smallest absolute Gasteiger partial charge is 0.213 e. The SMILES string of the molecule is CC(C)(CO)COc1cc2cc(Br)ccc2cn1. The van der Waals surface area contributed by atoms with E-state index in [9.17, 15) is 5.11 Å². The van der Waals surface area contributed by atoms with Crippen LogP contribution in [0.5, 0.6) is 5.88 Å². The molecule has 1 N–H and O–H groups in total. The average Bonchev–Trinajstić information content (AvgIpc) is 2.36. The standard InChI is InChI=1S/C14H16BrNO2/c1-14(2,8-17)9-18-13-6-11-5-12(15)4-3-10(11)7-16-13/h3-7,17H,8-9H2,1-2H3. The molecule has 0 amide bonds. The maximum absolute atomic E-state index is 9.17. The van der Waals surface area contributed by atoms with Crippen LogP contribution in [0.1, 0.15) is 13.8 Å². The highest BCUT2D eigenvalue weighted by atomic mass is 79.9. The molecule has 0 unspecified atom stereocenters. The minimum Gasteiger partial charge on any atom is -0.477 e. The first-order valence-electron chi connectivity index (χ1n) is 5.79. The van der Waals surface area contributed by atoms with Crippen molar-refractivity contribution < 1.29 is 9.84 Å². The van der Waals surface area contributed by atoms with Crippen molar-refractivity contribution in [1.82, 2.24) is 4.98 Å². The Morgan fingerprint density at radius 2 is 2.06 bits per heavy atom. The molecule has 3 nitrogen and oxygen atoms in total. The van der Waals surface area contributed by atoms with Crippen LogP contribution in [-0.2, 0) is 0 Å². The summed E-state index contributed by atoms with van der Waals surface area (Å²) < 4.78 is 6.65. The minimum atomic E-state index is -0.256. The summed E-state index contributed by atoms with van der Waals surface area (Å²) >= 11 is 3.44. The molecule has 4 heteroatoms. The molecule has 0 aliphatic heterocycles. The maximum atomic E-state index is 9.17. The van der Waals surface area contributed by atoms with Gasteiger partial charge in [-0.25, -0.2) is 4.98 Å². The Balaban J connectivity index is 2.19. The lowest BCUT2D eigenvalue weighted by Crippen LogP contribution is -2.25. The predicted octanol–water partition coefficient (Wildman–Crippen LogP) is 3.39. The second-order valence-electron chi connectivity index (χ2n) is 5.13. The van der Waals surface area contributed by atoms with Crippen molar-refractivity contribution in [1.29, 1.82) is 0 Å². The van der Waals surface area contributed by atoms with Gasteiger partial charge < -0.3 is 9.84 Å². The fourth-order valence-electron chi connectivity index (χ4n) is 1.49. The van der Waals surface area contributed by atoms with E-state index < -0.39 is 0 Å². The average molecular weight is 310 g/mol.